The minimum Gasteiger partial charge on any atom is -0.496 e. The molecule has 4 N–H and O–H groups in total. The average molecular weight is 450 g/mol. The molecular weight excluding hydrogens is 426 g/mol. The molecule has 30 heavy (non-hydrogen) atoms. The van der Waals surface area contributed by atoms with Crippen molar-refractivity contribution in [3.63, 3.8) is 0 Å². The number of nitrogens with one attached hydrogen (secondary N) is 2. The summed E-state index contributed by atoms with van der Waals surface area (Å²) in [5, 5.41) is 5.25. The van der Waals surface area contributed by atoms with Crippen molar-refractivity contribution in [3.8, 4) is 5.75 Å². The number of aryl methyl sites for hydroxylation is 1. The van der Waals surface area contributed by atoms with Crippen LogP contribution in [0.1, 0.15) is 34.8 Å². The first-order chi connectivity index (χ1) is 14.4. The van der Waals surface area contributed by atoms with Crippen molar-refractivity contribution in [2.24, 2.45) is 0 Å². The van der Waals surface area contributed by atoms with Gasteiger partial charge in [-0.2, -0.15) is 4.98 Å². The number of hydrogen-bond acceptors (Lipinski definition) is 9. The number of methoxy groups -OCH3 is 1. The monoisotopic (exact) mass is 449 g/mol. The molecule has 0 saturated heterocycles. The number of nitrogens with two attached hydrogens (primary N) is 1. The first kappa shape index (κ1) is 21.0. The van der Waals surface area contributed by atoms with E-state index in [1.807, 2.05) is 18.9 Å². The maximum atomic E-state index is 12.5. The van der Waals surface area contributed by atoms with Gasteiger partial charge < -0.3 is 15.8 Å². The van der Waals surface area contributed by atoms with Crippen molar-refractivity contribution in [1.82, 2.24) is 25.7 Å². The standard InChI is InChI=1S/C19H24ClN7O2S/c1-9-7-23-12(10(2)15(9)29-3)8-27-16-14-11(26-27)6-13(17(28)22-5-4-20)30-18(14)25-19(21)24-16/h7,11,13,26H,4-6,8H2,1-3H3,(H,22,28)(H2,21,24,25). The third-order valence-electron chi connectivity index (χ3n) is 5.27. The molecular formula is C19H24ClN7O2S. The number of amides is 1. The third kappa shape index (κ3) is 3.75. The smallest absolute Gasteiger partial charge is 0.233 e. The Kier molecular flexibility index (Phi) is 5.90. The fraction of sp³-hybridized carbons (Fsp3) is 0.474. The van der Waals surface area contributed by atoms with Crippen molar-refractivity contribution in [1.29, 1.82) is 0 Å². The number of rotatable bonds is 6. The Bertz CT molecular complexity index is 990. The number of carbonyl (C=O) groups excluding carboxylic acids is 1. The maximum Gasteiger partial charge on any atom is 0.233 e. The molecule has 4 heterocycles. The highest BCUT2D eigenvalue weighted by atomic mass is 35.5. The molecule has 0 aromatic carbocycles. The predicted octanol–water partition coefficient (Wildman–Crippen LogP) is 1.86. The van der Waals surface area contributed by atoms with E-state index in [1.54, 1.807) is 13.3 Å². The van der Waals surface area contributed by atoms with Crippen molar-refractivity contribution in [2.75, 3.05) is 30.3 Å². The Balaban J connectivity index is 1.62. The van der Waals surface area contributed by atoms with Gasteiger partial charge >= 0.3 is 0 Å². The van der Waals surface area contributed by atoms with Crippen LogP contribution in [0.3, 0.4) is 0 Å². The lowest BCUT2D eigenvalue weighted by Crippen LogP contribution is -2.40. The van der Waals surface area contributed by atoms with Gasteiger partial charge in [0.1, 0.15) is 10.8 Å². The van der Waals surface area contributed by atoms with Crippen molar-refractivity contribution in [3.05, 3.63) is 28.6 Å². The third-order valence-corrected chi connectivity index (χ3v) is 6.69. The Morgan fingerprint density at radius 1 is 1.47 bits per heavy atom. The molecule has 0 aliphatic carbocycles. The molecule has 2 atom stereocenters. The number of pyridine rings is 1. The number of hydrazine groups is 1. The van der Waals surface area contributed by atoms with E-state index >= 15 is 0 Å². The highest BCUT2D eigenvalue weighted by molar-refractivity contribution is 8.00. The van der Waals surface area contributed by atoms with E-state index in [0.717, 1.165) is 39.0 Å². The number of aromatic nitrogens is 3. The molecule has 1 amide bonds. The molecule has 11 heteroatoms. The summed E-state index contributed by atoms with van der Waals surface area (Å²) in [6.07, 6.45) is 2.42. The zero-order valence-corrected chi connectivity index (χ0v) is 18.6. The average Bonchev–Trinajstić information content (AvgIpc) is 3.06. The van der Waals surface area contributed by atoms with Gasteiger partial charge in [0.15, 0.2) is 5.82 Å². The molecule has 4 rings (SSSR count). The van der Waals surface area contributed by atoms with E-state index in [-0.39, 0.29) is 23.1 Å². The molecule has 0 fully saturated rings. The van der Waals surface area contributed by atoms with Crippen molar-refractivity contribution < 1.29 is 9.53 Å². The first-order valence-electron chi connectivity index (χ1n) is 9.63. The van der Waals surface area contributed by atoms with E-state index in [2.05, 4.69) is 25.7 Å². The van der Waals surface area contributed by atoms with Gasteiger partial charge in [-0.15, -0.1) is 11.6 Å². The Labute approximate surface area is 184 Å². The number of nitrogen functional groups attached to an aromatic ring is 1. The van der Waals surface area contributed by atoms with Gasteiger partial charge in [-0.25, -0.2) is 10.4 Å². The van der Waals surface area contributed by atoms with E-state index < -0.39 is 0 Å². The normalized spacial score (nSPS) is 19.5. The van der Waals surface area contributed by atoms with Crippen LogP contribution in [0.2, 0.25) is 0 Å². The summed E-state index contributed by atoms with van der Waals surface area (Å²) in [5.41, 5.74) is 13.3. The number of alkyl halides is 1. The first-order valence-corrected chi connectivity index (χ1v) is 11.0. The second-order valence-electron chi connectivity index (χ2n) is 7.26. The van der Waals surface area contributed by atoms with Gasteiger partial charge in [0.25, 0.3) is 0 Å². The van der Waals surface area contributed by atoms with Crippen LogP contribution in [0.15, 0.2) is 11.2 Å². The molecule has 0 saturated carbocycles. The molecule has 2 aliphatic rings. The van der Waals surface area contributed by atoms with Gasteiger partial charge in [0.05, 0.1) is 30.6 Å². The van der Waals surface area contributed by atoms with E-state index in [1.165, 1.54) is 11.8 Å². The lowest BCUT2D eigenvalue weighted by atomic mass is 10.0. The largest absolute Gasteiger partial charge is 0.496 e. The summed E-state index contributed by atoms with van der Waals surface area (Å²) in [6.45, 7) is 4.88. The van der Waals surface area contributed by atoms with Crippen LogP contribution < -0.4 is 26.2 Å². The van der Waals surface area contributed by atoms with Gasteiger partial charge in [-0.3, -0.25) is 14.8 Å². The van der Waals surface area contributed by atoms with Gasteiger partial charge in [0, 0.05) is 35.3 Å². The molecule has 0 spiro atoms. The van der Waals surface area contributed by atoms with E-state index in [0.29, 0.717) is 25.4 Å². The number of anilines is 2. The van der Waals surface area contributed by atoms with Crippen molar-refractivity contribution in [2.45, 2.75) is 43.1 Å². The summed E-state index contributed by atoms with van der Waals surface area (Å²) >= 11 is 7.12. The number of halogens is 1. The Morgan fingerprint density at radius 3 is 3.00 bits per heavy atom. The molecule has 160 valence electrons. The van der Waals surface area contributed by atoms with Crippen LogP contribution in [-0.2, 0) is 11.3 Å². The fourth-order valence-corrected chi connectivity index (χ4v) is 5.23. The van der Waals surface area contributed by atoms with Gasteiger partial charge in [0.2, 0.25) is 11.9 Å². The minimum atomic E-state index is -0.278. The van der Waals surface area contributed by atoms with Crippen molar-refractivity contribution >= 4 is 41.0 Å². The molecule has 2 aliphatic heterocycles. The molecule has 0 radical (unpaired) electrons. The second-order valence-corrected chi connectivity index (χ2v) is 8.83. The highest BCUT2D eigenvalue weighted by Gasteiger charge is 2.41. The lowest BCUT2D eigenvalue weighted by molar-refractivity contribution is -0.120. The summed E-state index contributed by atoms with van der Waals surface area (Å²) in [4.78, 5) is 26.0. The number of thioether (sulfide) groups is 1. The molecule has 0 bridgehead atoms. The minimum absolute atomic E-state index is 0.0499. The topological polar surface area (TPSA) is 118 Å². The Hall–Kier alpha value is -2.30. The zero-order valence-electron chi connectivity index (χ0n) is 17.0. The zero-order chi connectivity index (χ0) is 21.4. The summed E-state index contributed by atoms with van der Waals surface area (Å²) in [7, 11) is 1.66. The van der Waals surface area contributed by atoms with Crippen LogP contribution in [0, 0.1) is 13.8 Å². The van der Waals surface area contributed by atoms with Crippen LogP contribution >= 0.6 is 23.4 Å². The lowest BCUT2D eigenvalue weighted by Gasteiger charge is -2.26. The number of carbonyl (C=O) groups is 1. The predicted molar refractivity (Wildman–Crippen MR) is 117 cm³/mol. The number of ether oxygens (including phenoxy) is 1. The molecule has 2 aromatic heterocycles. The van der Waals surface area contributed by atoms with Crippen LogP contribution in [0.4, 0.5) is 11.8 Å². The Morgan fingerprint density at radius 2 is 2.27 bits per heavy atom. The number of nitrogens with zero attached hydrogens (tertiary/aromatic N) is 4. The second kappa shape index (κ2) is 8.44. The molecule has 9 nitrogen and oxygen atoms in total. The summed E-state index contributed by atoms with van der Waals surface area (Å²) in [5.74, 6) is 2.06. The van der Waals surface area contributed by atoms with Crippen LogP contribution in [-0.4, -0.2) is 45.6 Å². The molecule has 2 unspecified atom stereocenters. The van der Waals surface area contributed by atoms with Gasteiger partial charge in [-0.05, 0) is 20.3 Å². The number of hydrogen-bond donors (Lipinski definition) is 3. The molecule has 2 aromatic rings. The fourth-order valence-electron chi connectivity index (χ4n) is 3.88. The summed E-state index contributed by atoms with van der Waals surface area (Å²) < 4.78 is 5.53. The van der Waals surface area contributed by atoms with Crippen LogP contribution in [0.5, 0.6) is 5.75 Å². The maximum absolute atomic E-state index is 12.5. The SMILES string of the molecule is COc1c(C)cnc(CN2NC3CC(C(=O)NCCCl)Sc4nc(N)nc2c43)c1C. The van der Waals surface area contributed by atoms with E-state index in [4.69, 9.17) is 22.1 Å². The van der Waals surface area contributed by atoms with Crippen LogP contribution in [0.25, 0.3) is 0 Å². The summed E-state index contributed by atoms with van der Waals surface area (Å²) in [6, 6.07) is -0.0729. The highest BCUT2D eigenvalue weighted by Crippen LogP contribution is 2.47. The quantitative estimate of drug-likeness (QED) is 0.448. The van der Waals surface area contributed by atoms with E-state index in [9.17, 15) is 4.79 Å². The van der Waals surface area contributed by atoms with Gasteiger partial charge in [-0.1, -0.05) is 11.8 Å².